The van der Waals surface area contributed by atoms with Gasteiger partial charge in [0.1, 0.15) is 0 Å². The van der Waals surface area contributed by atoms with Crippen LogP contribution in [-0.4, -0.2) is 0 Å². The molecule has 0 radical (unpaired) electrons. The first kappa shape index (κ1) is 28.2. The molecule has 1 aromatic heterocycles. The van der Waals surface area contributed by atoms with Crippen LogP contribution in [0, 0.1) is 0 Å². The third kappa shape index (κ3) is 3.87. The van der Waals surface area contributed by atoms with E-state index in [4.69, 9.17) is 4.42 Å². The number of para-hydroxylation sites is 3. The number of hydrogen-bond acceptors (Lipinski definition) is 1. The summed E-state index contributed by atoms with van der Waals surface area (Å²) in [6, 6.07) is 68.5. The first-order valence-electron chi connectivity index (χ1n) is 17.6. The number of furan rings is 1. The number of nitrogens with zero attached hydrogens (tertiary/aromatic N) is 1. The molecule has 2 nitrogen and oxygen atoms in total. The molecular weight excluding hydrogens is 619 g/mol. The van der Waals surface area contributed by atoms with Crippen LogP contribution in [0.5, 0.6) is 0 Å². The molecule has 1 N–H and O–H groups in total. The van der Waals surface area contributed by atoms with Crippen LogP contribution in [0.25, 0.3) is 55.3 Å². The second kappa shape index (κ2) is 10.7. The number of benzene rings is 8. The van der Waals surface area contributed by atoms with E-state index in [1.54, 1.807) is 0 Å². The standard InChI is InChI=1S/C49H31NO/c1-3-13-34(14-4-1)50(35-15-5-2-6-16-35)36-26-23-32(24-27-36)33-25-29-44-41(31-33)37-17-7-10-20-42(37)49(44)43-21-11-8-19-40(43)47-45(49)30-28-39-38-18-9-12-22-46(38)51-48(39)47/h1-31H/p+1. The van der Waals surface area contributed by atoms with Crippen molar-refractivity contribution in [3.8, 4) is 33.4 Å². The van der Waals surface area contributed by atoms with Gasteiger partial charge in [0.2, 0.25) is 0 Å². The van der Waals surface area contributed by atoms with Gasteiger partial charge in [0.15, 0.2) is 0 Å². The van der Waals surface area contributed by atoms with Gasteiger partial charge in [0, 0.05) is 23.1 Å². The third-order valence-corrected chi connectivity index (χ3v) is 11.1. The zero-order valence-electron chi connectivity index (χ0n) is 27.8. The molecule has 8 aromatic carbocycles. The Labute approximate surface area is 296 Å². The van der Waals surface area contributed by atoms with Gasteiger partial charge in [-0.25, -0.2) is 0 Å². The van der Waals surface area contributed by atoms with Gasteiger partial charge >= 0.3 is 0 Å². The number of fused-ring (bicyclic) bond motifs is 14. The molecule has 0 saturated heterocycles. The van der Waals surface area contributed by atoms with Crippen LogP contribution in [0.15, 0.2) is 192 Å². The van der Waals surface area contributed by atoms with Crippen LogP contribution < -0.4 is 4.90 Å². The van der Waals surface area contributed by atoms with Gasteiger partial charge in [0.05, 0.1) is 21.8 Å². The number of hydrogen-bond donors (Lipinski definition) is 0. The van der Waals surface area contributed by atoms with E-state index < -0.39 is 5.41 Å². The molecule has 2 aliphatic rings. The summed E-state index contributed by atoms with van der Waals surface area (Å²) in [5.74, 6) is 0. The van der Waals surface area contributed by atoms with Crippen molar-refractivity contribution < 1.29 is 4.42 Å². The Hall–Kier alpha value is -6.64. The molecule has 0 aliphatic heterocycles. The third-order valence-electron chi connectivity index (χ3n) is 11.1. The normalized spacial score (nSPS) is 15.1. The summed E-state index contributed by atoms with van der Waals surface area (Å²) in [7, 11) is 0. The van der Waals surface area contributed by atoms with E-state index in [1.165, 1.54) is 66.4 Å². The number of rotatable bonds is 4. The van der Waals surface area contributed by atoms with Crippen molar-refractivity contribution in [1.29, 1.82) is 0 Å². The molecular formula is C49H32NO+. The highest BCUT2D eigenvalue weighted by molar-refractivity contribution is 6.13. The quantitative estimate of drug-likeness (QED) is 0.173. The summed E-state index contributed by atoms with van der Waals surface area (Å²) in [6.07, 6.45) is 0. The summed E-state index contributed by atoms with van der Waals surface area (Å²) in [4.78, 5) is 2.31. The lowest BCUT2D eigenvalue weighted by Gasteiger charge is -2.30. The maximum absolute atomic E-state index is 5.26. The van der Waals surface area contributed by atoms with Gasteiger partial charge in [-0.15, -0.1) is 0 Å². The average molecular weight is 651 g/mol. The molecule has 238 valence electrons. The van der Waals surface area contributed by atoms with Gasteiger partial charge in [-0.1, -0.05) is 127 Å². The maximum Gasteiger partial charge on any atom is 0.277 e. The SMILES string of the molecule is c1ccc(N(c2ccccc2)c2ccc(-c3ccc4c(c3)-c3ccccc3C43c4ccccc4-c4c3ccc3c4[oH+]c4ccccc43)cc2)cc1. The molecule has 1 atom stereocenters. The second-order valence-corrected chi connectivity index (χ2v) is 13.7. The molecule has 9 aromatic rings. The van der Waals surface area contributed by atoms with Crippen LogP contribution in [0.4, 0.5) is 17.1 Å². The van der Waals surface area contributed by atoms with E-state index >= 15 is 0 Å². The monoisotopic (exact) mass is 650 g/mol. The lowest BCUT2D eigenvalue weighted by atomic mass is 9.70. The van der Waals surface area contributed by atoms with Gasteiger partial charge in [-0.05, 0) is 105 Å². The van der Waals surface area contributed by atoms with E-state index in [0.717, 1.165) is 28.2 Å². The lowest BCUT2D eigenvalue weighted by Crippen LogP contribution is -2.25. The maximum atomic E-state index is 5.26. The Bertz CT molecular complexity index is 2760. The second-order valence-electron chi connectivity index (χ2n) is 13.7. The van der Waals surface area contributed by atoms with Crippen molar-refractivity contribution in [3.63, 3.8) is 0 Å². The van der Waals surface area contributed by atoms with E-state index in [9.17, 15) is 0 Å². The molecule has 0 bridgehead atoms. The van der Waals surface area contributed by atoms with Gasteiger partial charge < -0.3 is 9.32 Å². The Morgan fingerprint density at radius 2 is 0.922 bits per heavy atom. The fourth-order valence-corrected chi connectivity index (χ4v) is 9.05. The Morgan fingerprint density at radius 1 is 0.373 bits per heavy atom. The predicted molar refractivity (Wildman–Crippen MR) is 211 cm³/mol. The molecule has 11 rings (SSSR count). The van der Waals surface area contributed by atoms with E-state index in [1.807, 2.05) is 0 Å². The van der Waals surface area contributed by atoms with Crippen LogP contribution in [0.2, 0.25) is 0 Å². The summed E-state index contributed by atoms with van der Waals surface area (Å²) in [6.45, 7) is 0. The minimum absolute atomic E-state index is 0.411. The number of anilines is 3. The molecule has 0 saturated carbocycles. The van der Waals surface area contributed by atoms with Gasteiger partial charge in [-0.3, -0.25) is 0 Å². The summed E-state index contributed by atoms with van der Waals surface area (Å²) >= 11 is 0. The summed E-state index contributed by atoms with van der Waals surface area (Å²) in [5, 5.41) is 2.44. The smallest absolute Gasteiger partial charge is 0.277 e. The fourth-order valence-electron chi connectivity index (χ4n) is 9.05. The first-order chi connectivity index (χ1) is 25.3. The Kier molecular flexibility index (Phi) is 5.91. The molecule has 1 spiro atoms. The Morgan fingerprint density at radius 3 is 1.67 bits per heavy atom. The highest BCUT2D eigenvalue weighted by Gasteiger charge is 2.53. The van der Waals surface area contributed by atoms with Crippen LogP contribution in [0.3, 0.4) is 0 Å². The predicted octanol–water partition coefficient (Wildman–Crippen LogP) is 13.2. The van der Waals surface area contributed by atoms with Crippen molar-refractivity contribution in [3.05, 3.63) is 210 Å². The minimum atomic E-state index is -0.411. The average Bonchev–Trinajstić information content (AvgIpc) is 3.83. The summed E-state index contributed by atoms with van der Waals surface area (Å²) < 4.78 is 5.26. The largest absolute Gasteiger partial charge is 0.545 e. The molecule has 1 unspecified atom stereocenters. The van der Waals surface area contributed by atoms with E-state index in [-0.39, 0.29) is 0 Å². The molecule has 0 amide bonds. The van der Waals surface area contributed by atoms with Crippen molar-refractivity contribution >= 4 is 39.0 Å². The Balaban J connectivity index is 1.08. The van der Waals surface area contributed by atoms with E-state index in [0.29, 0.717) is 0 Å². The highest BCUT2D eigenvalue weighted by atomic mass is 16.3. The minimum Gasteiger partial charge on any atom is -0.545 e. The topological polar surface area (TPSA) is 16.0 Å². The lowest BCUT2D eigenvalue weighted by molar-refractivity contribution is 0.669. The van der Waals surface area contributed by atoms with E-state index in [2.05, 4.69) is 193 Å². The van der Waals surface area contributed by atoms with Gasteiger partial charge in [-0.2, -0.15) is 0 Å². The van der Waals surface area contributed by atoms with Crippen molar-refractivity contribution in [2.24, 2.45) is 0 Å². The zero-order valence-corrected chi connectivity index (χ0v) is 27.8. The fraction of sp³-hybridized carbons (Fsp3) is 0.0204. The van der Waals surface area contributed by atoms with Crippen LogP contribution in [0.1, 0.15) is 22.3 Å². The zero-order chi connectivity index (χ0) is 33.5. The van der Waals surface area contributed by atoms with Gasteiger partial charge in [0.25, 0.3) is 11.2 Å². The molecule has 2 aliphatic carbocycles. The molecule has 51 heavy (non-hydrogen) atoms. The first-order valence-corrected chi connectivity index (χ1v) is 17.6. The summed E-state index contributed by atoms with van der Waals surface area (Å²) in [5.41, 5.74) is 18.0. The van der Waals surface area contributed by atoms with Crippen LogP contribution >= 0.6 is 0 Å². The molecule has 2 heteroatoms. The van der Waals surface area contributed by atoms with Crippen LogP contribution in [-0.2, 0) is 5.41 Å². The van der Waals surface area contributed by atoms with Crippen molar-refractivity contribution in [2.75, 3.05) is 4.90 Å². The van der Waals surface area contributed by atoms with Crippen molar-refractivity contribution in [1.82, 2.24) is 0 Å². The molecule has 0 fully saturated rings. The highest BCUT2D eigenvalue weighted by Crippen LogP contribution is 2.64. The molecule has 1 heterocycles. The van der Waals surface area contributed by atoms with Crippen molar-refractivity contribution in [2.45, 2.75) is 5.41 Å².